The first-order valence-corrected chi connectivity index (χ1v) is 7.97. The van der Waals surface area contributed by atoms with Gasteiger partial charge in [0.2, 0.25) is 10.0 Å². The Kier molecular flexibility index (Phi) is 5.39. The zero-order valence-electron chi connectivity index (χ0n) is 11.3. The van der Waals surface area contributed by atoms with Crippen molar-refractivity contribution in [1.29, 1.82) is 0 Å². The van der Waals surface area contributed by atoms with Gasteiger partial charge in [-0.3, -0.25) is 4.98 Å². The van der Waals surface area contributed by atoms with Gasteiger partial charge >= 0.3 is 0 Å². The van der Waals surface area contributed by atoms with E-state index in [2.05, 4.69) is 4.98 Å². The Labute approximate surface area is 119 Å². The molecule has 19 heavy (non-hydrogen) atoms. The minimum Gasteiger partial charge on any atom is -0.388 e. The molecule has 5 nitrogen and oxygen atoms in total. The average molecular weight is 301 g/mol. The normalized spacial score (nSPS) is 13.5. The summed E-state index contributed by atoms with van der Waals surface area (Å²) in [5, 5.41) is 0. The van der Waals surface area contributed by atoms with Gasteiger partial charge in [-0.2, -0.15) is 4.31 Å². The molecule has 1 aromatic heterocycles. The van der Waals surface area contributed by atoms with E-state index in [9.17, 15) is 8.42 Å². The molecule has 0 aliphatic heterocycles. The minimum absolute atomic E-state index is 0.0507. The molecule has 1 atom stereocenters. The zero-order chi connectivity index (χ0) is 14.6. The van der Waals surface area contributed by atoms with Crippen molar-refractivity contribution in [3.8, 4) is 0 Å². The third kappa shape index (κ3) is 3.49. The average Bonchev–Trinajstić information content (AvgIpc) is 2.39. The molecule has 0 aliphatic carbocycles. The Bertz CT molecular complexity index is 541. The van der Waals surface area contributed by atoms with Crippen molar-refractivity contribution in [2.75, 3.05) is 6.54 Å². The monoisotopic (exact) mass is 301 g/mol. The predicted molar refractivity (Wildman–Crippen MR) is 79.4 cm³/mol. The number of nitrogens with zero attached hydrogens (tertiary/aromatic N) is 2. The zero-order valence-corrected chi connectivity index (χ0v) is 13.0. The van der Waals surface area contributed by atoms with Crippen LogP contribution in [-0.4, -0.2) is 35.3 Å². The maximum Gasteiger partial charge on any atom is 0.244 e. The summed E-state index contributed by atoms with van der Waals surface area (Å²) < 4.78 is 26.4. The highest BCUT2D eigenvalue weighted by atomic mass is 32.2. The van der Waals surface area contributed by atoms with Gasteiger partial charge in [0.1, 0.15) is 9.88 Å². The van der Waals surface area contributed by atoms with Crippen LogP contribution in [0.2, 0.25) is 0 Å². The van der Waals surface area contributed by atoms with Gasteiger partial charge in [0.25, 0.3) is 0 Å². The van der Waals surface area contributed by atoms with Crippen molar-refractivity contribution in [3.63, 3.8) is 0 Å². The van der Waals surface area contributed by atoms with Gasteiger partial charge in [-0.15, -0.1) is 0 Å². The molecule has 0 radical (unpaired) electrons. The molecule has 7 heteroatoms. The van der Waals surface area contributed by atoms with Crippen molar-refractivity contribution in [1.82, 2.24) is 9.29 Å². The molecule has 0 aliphatic rings. The molecular weight excluding hydrogens is 282 g/mol. The van der Waals surface area contributed by atoms with E-state index in [1.165, 1.54) is 22.6 Å². The molecule has 2 N–H and O–H groups in total. The first kappa shape index (κ1) is 16.0. The van der Waals surface area contributed by atoms with Crippen LogP contribution in [0.15, 0.2) is 23.2 Å². The largest absolute Gasteiger partial charge is 0.388 e. The Morgan fingerprint density at radius 1 is 1.47 bits per heavy atom. The smallest absolute Gasteiger partial charge is 0.244 e. The number of sulfonamides is 1. The molecular formula is C12H19N3O2S2. The van der Waals surface area contributed by atoms with Crippen LogP contribution in [0.4, 0.5) is 0 Å². The second-order valence-corrected chi connectivity index (χ2v) is 6.54. The number of rotatable bonds is 6. The van der Waals surface area contributed by atoms with E-state index in [1.807, 2.05) is 20.8 Å². The summed E-state index contributed by atoms with van der Waals surface area (Å²) in [7, 11) is -3.52. The number of hydrogen-bond acceptors (Lipinski definition) is 4. The first-order valence-electron chi connectivity index (χ1n) is 6.12. The van der Waals surface area contributed by atoms with Gasteiger partial charge in [0.15, 0.2) is 0 Å². The quantitative estimate of drug-likeness (QED) is 0.806. The molecule has 1 rings (SSSR count). The Morgan fingerprint density at radius 3 is 2.47 bits per heavy atom. The summed E-state index contributed by atoms with van der Waals surface area (Å²) in [4.78, 5) is 4.29. The third-order valence-electron chi connectivity index (χ3n) is 2.99. The lowest BCUT2D eigenvalue weighted by Gasteiger charge is -2.26. The van der Waals surface area contributed by atoms with E-state index in [0.29, 0.717) is 12.2 Å². The maximum atomic E-state index is 12.5. The van der Waals surface area contributed by atoms with Crippen LogP contribution >= 0.6 is 12.2 Å². The Balaban J connectivity index is 3.15. The van der Waals surface area contributed by atoms with E-state index in [-0.39, 0.29) is 15.9 Å². The van der Waals surface area contributed by atoms with Crippen molar-refractivity contribution in [2.45, 2.75) is 38.1 Å². The fourth-order valence-corrected chi connectivity index (χ4v) is 3.52. The number of pyridine rings is 1. The molecule has 0 amide bonds. The second-order valence-electron chi connectivity index (χ2n) is 4.21. The van der Waals surface area contributed by atoms with Crippen LogP contribution in [0, 0.1) is 0 Å². The van der Waals surface area contributed by atoms with Gasteiger partial charge < -0.3 is 5.73 Å². The van der Waals surface area contributed by atoms with E-state index >= 15 is 0 Å². The van der Waals surface area contributed by atoms with Crippen molar-refractivity contribution in [3.05, 3.63) is 24.0 Å². The lowest BCUT2D eigenvalue weighted by molar-refractivity contribution is 0.342. The summed E-state index contributed by atoms with van der Waals surface area (Å²) >= 11 is 4.79. The van der Waals surface area contributed by atoms with Crippen LogP contribution in [-0.2, 0) is 10.0 Å². The number of thiocarbonyl (C=S) groups is 1. The molecule has 1 heterocycles. The van der Waals surface area contributed by atoms with E-state index < -0.39 is 10.0 Å². The molecule has 0 spiro atoms. The van der Waals surface area contributed by atoms with Gasteiger partial charge in [-0.05, 0) is 25.5 Å². The summed E-state index contributed by atoms with van der Waals surface area (Å²) in [5.74, 6) is 0. The minimum atomic E-state index is -3.52. The van der Waals surface area contributed by atoms with Crippen LogP contribution in [0.25, 0.3) is 0 Å². The summed E-state index contributed by atoms with van der Waals surface area (Å²) in [5.41, 5.74) is 5.85. The number of aromatic nitrogens is 1. The second kappa shape index (κ2) is 6.40. The molecule has 0 aromatic carbocycles. The fraction of sp³-hybridized carbons (Fsp3) is 0.500. The highest BCUT2D eigenvalue weighted by Gasteiger charge is 2.27. The van der Waals surface area contributed by atoms with E-state index in [0.717, 1.165) is 6.42 Å². The van der Waals surface area contributed by atoms with Crippen LogP contribution in [0.3, 0.4) is 0 Å². The summed E-state index contributed by atoms with van der Waals surface area (Å²) in [6.45, 7) is 6.09. The fourth-order valence-electron chi connectivity index (χ4n) is 1.74. The Morgan fingerprint density at radius 2 is 2.11 bits per heavy atom. The van der Waals surface area contributed by atoms with Crippen LogP contribution < -0.4 is 5.73 Å². The molecule has 0 saturated carbocycles. The van der Waals surface area contributed by atoms with Gasteiger partial charge in [0.05, 0.1) is 5.69 Å². The lowest BCUT2D eigenvalue weighted by atomic mass is 10.3. The molecule has 1 aromatic rings. The van der Waals surface area contributed by atoms with Gasteiger partial charge in [-0.1, -0.05) is 26.1 Å². The first-order chi connectivity index (χ1) is 8.84. The highest BCUT2D eigenvalue weighted by molar-refractivity contribution is 7.89. The van der Waals surface area contributed by atoms with E-state index in [4.69, 9.17) is 18.0 Å². The molecule has 0 saturated heterocycles. The van der Waals surface area contributed by atoms with Crippen LogP contribution in [0.5, 0.6) is 0 Å². The SMILES string of the molecule is CCC(C)N(CC)S(=O)(=O)c1ccc(C(N)=S)nc1. The molecule has 106 valence electrons. The molecule has 0 bridgehead atoms. The number of nitrogens with two attached hydrogens (primary N) is 1. The van der Waals surface area contributed by atoms with Crippen molar-refractivity contribution < 1.29 is 8.42 Å². The number of hydrogen-bond donors (Lipinski definition) is 1. The van der Waals surface area contributed by atoms with Gasteiger partial charge in [-0.25, -0.2) is 8.42 Å². The predicted octanol–water partition coefficient (Wildman–Crippen LogP) is 1.52. The van der Waals surface area contributed by atoms with E-state index in [1.54, 1.807) is 0 Å². The summed E-state index contributed by atoms with van der Waals surface area (Å²) in [6.07, 6.45) is 2.06. The highest BCUT2D eigenvalue weighted by Crippen LogP contribution is 2.18. The van der Waals surface area contributed by atoms with Gasteiger partial charge in [0, 0.05) is 18.8 Å². The molecule has 1 unspecified atom stereocenters. The topological polar surface area (TPSA) is 76.3 Å². The summed E-state index contributed by atoms with van der Waals surface area (Å²) in [6, 6.07) is 2.96. The van der Waals surface area contributed by atoms with Crippen molar-refractivity contribution in [2.24, 2.45) is 5.73 Å². The third-order valence-corrected chi connectivity index (χ3v) is 5.27. The Hall–Kier alpha value is -1.05. The van der Waals surface area contributed by atoms with Crippen molar-refractivity contribution >= 4 is 27.2 Å². The molecule has 0 fully saturated rings. The lowest BCUT2D eigenvalue weighted by Crippen LogP contribution is -2.38. The maximum absolute atomic E-state index is 12.5. The standard InChI is InChI=1S/C12H19N3O2S2/c1-4-9(3)15(5-2)19(16,17)10-6-7-11(12(13)18)14-8-10/h6-9H,4-5H2,1-3H3,(H2,13,18). The van der Waals surface area contributed by atoms with Crippen LogP contribution in [0.1, 0.15) is 32.9 Å².